The molecule has 0 saturated heterocycles. The average Bonchev–Trinajstić information content (AvgIpc) is 3.05. The van der Waals surface area contributed by atoms with Crippen LogP contribution in [0.15, 0.2) is 58.8 Å². The number of sulfonamides is 2. The van der Waals surface area contributed by atoms with Crippen LogP contribution in [0.25, 0.3) is 6.08 Å². The zero-order valence-corrected chi connectivity index (χ0v) is 15.9. The Bertz CT molecular complexity index is 1030. The summed E-state index contributed by atoms with van der Waals surface area (Å²) in [4.78, 5) is 0.0623. The largest absolute Gasteiger partial charge is 0.266 e. The smallest absolute Gasteiger partial charge is 0.257 e. The Morgan fingerprint density at radius 3 is 2.50 bits per heavy atom. The molecule has 0 radical (unpaired) electrons. The average molecular weight is 393 g/mol. The molecule has 2 aromatic carbocycles. The molecule has 6 nitrogen and oxygen atoms in total. The fourth-order valence-corrected chi connectivity index (χ4v) is 5.16. The van der Waals surface area contributed by atoms with Gasteiger partial charge in [0.15, 0.2) is 0 Å². The number of nitrogens with one attached hydrogen (secondary N) is 1. The quantitative estimate of drug-likeness (QED) is 0.818. The fourth-order valence-electron chi connectivity index (χ4n) is 2.84. The lowest BCUT2D eigenvalue weighted by atomic mass is 10.2. The van der Waals surface area contributed by atoms with Gasteiger partial charge in [0, 0.05) is 13.1 Å². The molecule has 1 aliphatic heterocycles. The van der Waals surface area contributed by atoms with Crippen molar-refractivity contribution >= 4 is 31.8 Å². The van der Waals surface area contributed by atoms with Crippen LogP contribution < -0.4 is 9.03 Å². The van der Waals surface area contributed by atoms with Crippen LogP contribution in [0.4, 0.5) is 5.69 Å². The molecule has 0 fully saturated rings. The van der Waals surface area contributed by atoms with Gasteiger partial charge in [-0.05, 0) is 35.8 Å². The molecule has 8 heteroatoms. The van der Waals surface area contributed by atoms with Gasteiger partial charge >= 0.3 is 0 Å². The van der Waals surface area contributed by atoms with Crippen LogP contribution in [0.5, 0.6) is 0 Å². The molecular formula is C18H20N2O4S2. The molecule has 1 aliphatic rings. The molecule has 0 saturated carbocycles. The van der Waals surface area contributed by atoms with Gasteiger partial charge < -0.3 is 0 Å². The Kier molecular flexibility index (Phi) is 5.17. The maximum absolute atomic E-state index is 12.7. The second-order valence-corrected chi connectivity index (χ2v) is 9.38. The van der Waals surface area contributed by atoms with E-state index < -0.39 is 20.0 Å². The Hall–Kier alpha value is -2.16. The van der Waals surface area contributed by atoms with E-state index in [0.29, 0.717) is 18.7 Å². The molecule has 0 unspecified atom stereocenters. The minimum Gasteiger partial charge on any atom is -0.266 e. The van der Waals surface area contributed by atoms with Gasteiger partial charge in [0.2, 0.25) is 10.0 Å². The van der Waals surface area contributed by atoms with Crippen LogP contribution in [0.3, 0.4) is 0 Å². The van der Waals surface area contributed by atoms with E-state index in [-0.39, 0.29) is 11.4 Å². The van der Waals surface area contributed by atoms with Gasteiger partial charge in [0.05, 0.1) is 16.0 Å². The molecule has 2 aromatic rings. The molecule has 0 spiro atoms. The van der Waals surface area contributed by atoms with Crippen molar-refractivity contribution in [1.82, 2.24) is 4.72 Å². The van der Waals surface area contributed by atoms with Gasteiger partial charge in [-0.25, -0.2) is 21.6 Å². The van der Waals surface area contributed by atoms with Crippen molar-refractivity contribution in [1.29, 1.82) is 0 Å². The normalized spacial score (nSPS) is 14.7. The summed E-state index contributed by atoms with van der Waals surface area (Å²) in [5.41, 5.74) is 2.01. The van der Waals surface area contributed by atoms with E-state index in [1.165, 1.54) is 22.5 Å². The lowest BCUT2D eigenvalue weighted by Crippen LogP contribution is -2.27. The van der Waals surface area contributed by atoms with Crippen LogP contribution in [0.1, 0.15) is 18.1 Å². The van der Waals surface area contributed by atoms with E-state index in [2.05, 4.69) is 4.72 Å². The molecule has 0 aliphatic carbocycles. The summed E-state index contributed by atoms with van der Waals surface area (Å²) in [6, 6.07) is 13.7. The first-order chi connectivity index (χ1) is 12.3. The van der Waals surface area contributed by atoms with Crippen LogP contribution in [-0.4, -0.2) is 29.9 Å². The van der Waals surface area contributed by atoms with E-state index in [1.54, 1.807) is 13.0 Å². The summed E-state index contributed by atoms with van der Waals surface area (Å²) in [6.45, 7) is 2.25. The number of rotatable bonds is 6. The van der Waals surface area contributed by atoms with Crippen LogP contribution in [-0.2, 0) is 26.5 Å². The summed E-state index contributed by atoms with van der Waals surface area (Å²) in [6.07, 6.45) is 2.09. The minimum atomic E-state index is -3.71. The second-order valence-electron chi connectivity index (χ2n) is 5.87. The van der Waals surface area contributed by atoms with Gasteiger partial charge in [-0.3, -0.25) is 4.31 Å². The number of nitrogens with zero attached hydrogens (tertiary/aromatic N) is 1. The lowest BCUT2D eigenvalue weighted by molar-refractivity contribution is 0.583. The summed E-state index contributed by atoms with van der Waals surface area (Å²) < 4.78 is 53.5. The molecule has 0 amide bonds. The first kappa shape index (κ1) is 18.6. The number of anilines is 1. The van der Waals surface area contributed by atoms with Crippen molar-refractivity contribution < 1.29 is 16.8 Å². The van der Waals surface area contributed by atoms with Crippen molar-refractivity contribution in [3.63, 3.8) is 0 Å². The SMILES string of the molecule is CCNS(=O)(=O)c1ccc2c(c1)N(S(=O)(=O)/C=C\c1ccccc1)CC2. The Labute approximate surface area is 154 Å². The first-order valence-corrected chi connectivity index (χ1v) is 11.2. The standard InChI is InChI=1S/C18H20N2O4S2/c1-2-19-26(23,24)17-9-8-16-10-12-20(18(16)14-17)25(21,22)13-11-15-6-4-3-5-7-15/h3-9,11,13-14,19H,2,10,12H2,1H3/b13-11-. The molecule has 138 valence electrons. The van der Waals surface area contributed by atoms with Crippen molar-refractivity contribution in [2.24, 2.45) is 0 Å². The van der Waals surface area contributed by atoms with Crippen molar-refractivity contribution in [3.05, 3.63) is 65.1 Å². The number of fused-ring (bicyclic) bond motifs is 1. The first-order valence-electron chi connectivity index (χ1n) is 8.22. The molecular weight excluding hydrogens is 372 g/mol. The molecule has 1 heterocycles. The lowest BCUT2D eigenvalue weighted by Gasteiger charge is -2.18. The zero-order chi connectivity index (χ0) is 18.8. The van der Waals surface area contributed by atoms with Crippen molar-refractivity contribution in [2.45, 2.75) is 18.2 Å². The molecule has 0 atom stereocenters. The Morgan fingerprint density at radius 1 is 1.08 bits per heavy atom. The summed E-state index contributed by atoms with van der Waals surface area (Å²) in [5.74, 6) is 0. The van der Waals surface area contributed by atoms with E-state index in [1.807, 2.05) is 30.3 Å². The molecule has 1 N–H and O–H groups in total. The highest BCUT2D eigenvalue weighted by molar-refractivity contribution is 7.95. The van der Waals surface area contributed by atoms with Gasteiger partial charge in [0.1, 0.15) is 0 Å². The number of hydrogen-bond acceptors (Lipinski definition) is 4. The maximum atomic E-state index is 12.7. The van der Waals surface area contributed by atoms with E-state index in [4.69, 9.17) is 0 Å². The number of benzene rings is 2. The zero-order valence-electron chi connectivity index (χ0n) is 14.3. The van der Waals surface area contributed by atoms with Gasteiger partial charge in [0.25, 0.3) is 10.0 Å². The highest BCUT2D eigenvalue weighted by Crippen LogP contribution is 2.33. The molecule has 0 aromatic heterocycles. The van der Waals surface area contributed by atoms with Crippen molar-refractivity contribution in [3.8, 4) is 0 Å². The minimum absolute atomic E-state index is 0.0623. The predicted octanol–water partition coefficient (Wildman–Crippen LogP) is 2.35. The summed E-state index contributed by atoms with van der Waals surface area (Å²) in [5, 5.41) is 1.16. The van der Waals surface area contributed by atoms with E-state index >= 15 is 0 Å². The summed E-state index contributed by atoms with van der Waals surface area (Å²) in [7, 11) is -7.35. The third kappa shape index (κ3) is 3.82. The van der Waals surface area contributed by atoms with E-state index in [0.717, 1.165) is 16.5 Å². The molecule has 26 heavy (non-hydrogen) atoms. The third-order valence-electron chi connectivity index (χ3n) is 4.09. The second kappa shape index (κ2) is 7.22. The van der Waals surface area contributed by atoms with E-state index in [9.17, 15) is 16.8 Å². The Morgan fingerprint density at radius 2 is 1.81 bits per heavy atom. The van der Waals surface area contributed by atoms with Gasteiger partial charge in [-0.1, -0.05) is 43.3 Å². The highest BCUT2D eigenvalue weighted by Gasteiger charge is 2.29. The topological polar surface area (TPSA) is 83.6 Å². The Balaban J connectivity index is 1.94. The fraction of sp³-hybridized carbons (Fsp3) is 0.222. The number of hydrogen-bond donors (Lipinski definition) is 1. The monoisotopic (exact) mass is 392 g/mol. The van der Waals surface area contributed by atoms with Crippen LogP contribution in [0, 0.1) is 0 Å². The van der Waals surface area contributed by atoms with Gasteiger partial charge in [-0.15, -0.1) is 0 Å². The third-order valence-corrected chi connectivity index (χ3v) is 7.11. The summed E-state index contributed by atoms with van der Waals surface area (Å²) >= 11 is 0. The maximum Gasteiger partial charge on any atom is 0.257 e. The van der Waals surface area contributed by atoms with Crippen LogP contribution in [0.2, 0.25) is 0 Å². The molecule has 0 bridgehead atoms. The highest BCUT2D eigenvalue weighted by atomic mass is 32.2. The molecule has 3 rings (SSSR count). The predicted molar refractivity (Wildman–Crippen MR) is 103 cm³/mol. The van der Waals surface area contributed by atoms with Crippen molar-refractivity contribution in [2.75, 3.05) is 17.4 Å². The van der Waals surface area contributed by atoms with Gasteiger partial charge in [-0.2, -0.15) is 0 Å². The van der Waals surface area contributed by atoms with Crippen LogP contribution >= 0.6 is 0 Å².